The third kappa shape index (κ3) is 3.35. The van der Waals surface area contributed by atoms with Crippen LogP contribution in [-0.4, -0.2) is 31.8 Å². The fourth-order valence-electron chi connectivity index (χ4n) is 2.10. The molecule has 3 rings (SSSR count). The van der Waals surface area contributed by atoms with E-state index >= 15 is 0 Å². The summed E-state index contributed by atoms with van der Waals surface area (Å²) in [6.07, 6.45) is 0. The molecule has 1 fully saturated rings. The Labute approximate surface area is 137 Å². The number of sulfonamides is 1. The molecule has 1 aliphatic heterocycles. The van der Waals surface area contributed by atoms with E-state index < -0.39 is 16.1 Å². The van der Waals surface area contributed by atoms with Crippen LogP contribution in [0.2, 0.25) is 0 Å². The number of benzene rings is 1. The Balaban J connectivity index is 1.70. The van der Waals surface area contributed by atoms with Gasteiger partial charge in [0, 0.05) is 5.69 Å². The highest BCUT2D eigenvalue weighted by Crippen LogP contribution is 2.21. The van der Waals surface area contributed by atoms with E-state index in [0.29, 0.717) is 5.69 Å². The fourth-order valence-corrected chi connectivity index (χ4v) is 4.15. The summed E-state index contributed by atoms with van der Waals surface area (Å²) in [5.41, 5.74) is 1.15. The van der Waals surface area contributed by atoms with E-state index in [1.54, 1.807) is 35.7 Å². The van der Waals surface area contributed by atoms with E-state index in [0.717, 1.165) is 21.8 Å². The molecule has 0 radical (unpaired) electrons. The average Bonchev–Trinajstić information content (AvgIpc) is 3.15. The summed E-state index contributed by atoms with van der Waals surface area (Å²) in [7, 11) is -3.58. The van der Waals surface area contributed by atoms with Gasteiger partial charge in [0.05, 0.1) is 13.1 Å². The van der Waals surface area contributed by atoms with Crippen molar-refractivity contribution in [3.05, 3.63) is 47.3 Å². The van der Waals surface area contributed by atoms with Crippen LogP contribution in [0.1, 0.15) is 5.56 Å². The van der Waals surface area contributed by atoms with Gasteiger partial charge in [0.2, 0.25) is 5.91 Å². The van der Waals surface area contributed by atoms with Crippen LogP contribution >= 0.6 is 11.3 Å². The number of thiophene rings is 1. The molecule has 1 aromatic carbocycles. The normalized spacial score (nSPS) is 14.9. The number of nitrogens with one attached hydrogen (secondary N) is 2. The molecule has 0 aliphatic carbocycles. The number of carbonyl (C=O) groups excluding carboxylic acids is 2. The minimum atomic E-state index is -3.58. The number of nitrogens with zero attached hydrogens (tertiary/aromatic N) is 1. The van der Waals surface area contributed by atoms with Crippen molar-refractivity contribution in [2.45, 2.75) is 10.8 Å². The molecule has 2 aromatic rings. The number of amides is 3. The van der Waals surface area contributed by atoms with Crippen molar-refractivity contribution < 1.29 is 18.0 Å². The van der Waals surface area contributed by atoms with E-state index in [1.165, 1.54) is 6.07 Å². The monoisotopic (exact) mass is 351 g/mol. The number of hydrogen-bond donors (Lipinski definition) is 2. The molecule has 23 heavy (non-hydrogen) atoms. The maximum atomic E-state index is 12.1. The number of carbonyl (C=O) groups is 2. The van der Waals surface area contributed by atoms with Crippen LogP contribution in [-0.2, 0) is 21.4 Å². The van der Waals surface area contributed by atoms with Gasteiger partial charge in [0.1, 0.15) is 4.21 Å². The van der Waals surface area contributed by atoms with Gasteiger partial charge in [-0.3, -0.25) is 14.4 Å². The molecular weight excluding hydrogens is 338 g/mol. The van der Waals surface area contributed by atoms with Crippen LogP contribution in [0, 0.1) is 0 Å². The summed E-state index contributed by atoms with van der Waals surface area (Å²) in [6, 6.07) is 9.31. The lowest BCUT2D eigenvalue weighted by molar-refractivity contribution is -0.125. The highest BCUT2D eigenvalue weighted by atomic mass is 32.2. The van der Waals surface area contributed by atoms with Gasteiger partial charge in [0.25, 0.3) is 10.0 Å². The summed E-state index contributed by atoms with van der Waals surface area (Å²) in [5.74, 6) is -0.280. The molecule has 0 spiro atoms. The van der Waals surface area contributed by atoms with Gasteiger partial charge in [-0.1, -0.05) is 18.2 Å². The highest BCUT2D eigenvalue weighted by molar-refractivity contribution is 7.94. The number of anilines is 1. The summed E-state index contributed by atoms with van der Waals surface area (Å²) in [4.78, 5) is 24.1. The first kappa shape index (κ1) is 15.5. The molecule has 0 bridgehead atoms. The fraction of sp³-hybridized carbons (Fsp3) is 0.143. The van der Waals surface area contributed by atoms with Crippen molar-refractivity contribution in [2.24, 2.45) is 0 Å². The molecule has 120 valence electrons. The van der Waals surface area contributed by atoms with E-state index in [-0.39, 0.29) is 23.2 Å². The number of hydrogen-bond acceptors (Lipinski definition) is 5. The molecule has 1 saturated heterocycles. The zero-order valence-electron chi connectivity index (χ0n) is 11.9. The molecule has 3 amide bonds. The van der Waals surface area contributed by atoms with Crippen LogP contribution in [0.3, 0.4) is 0 Å². The Morgan fingerprint density at radius 1 is 1.17 bits per heavy atom. The molecule has 9 heteroatoms. The first-order valence-corrected chi connectivity index (χ1v) is 9.05. The predicted octanol–water partition coefficient (Wildman–Crippen LogP) is 1.60. The van der Waals surface area contributed by atoms with Crippen LogP contribution in [0.4, 0.5) is 10.5 Å². The van der Waals surface area contributed by atoms with E-state index in [4.69, 9.17) is 0 Å². The second-order valence-electron chi connectivity index (χ2n) is 4.87. The molecule has 2 heterocycles. The lowest BCUT2D eigenvalue weighted by atomic mass is 10.2. The largest absolute Gasteiger partial charge is 0.329 e. The number of urea groups is 1. The summed E-state index contributed by atoms with van der Waals surface area (Å²) < 4.78 is 26.9. The van der Waals surface area contributed by atoms with Gasteiger partial charge in [0.15, 0.2) is 0 Å². The molecule has 0 saturated carbocycles. The molecule has 1 aliphatic rings. The predicted molar refractivity (Wildman–Crippen MR) is 85.5 cm³/mol. The first-order valence-electron chi connectivity index (χ1n) is 6.69. The third-order valence-electron chi connectivity index (χ3n) is 3.24. The Morgan fingerprint density at radius 2 is 1.91 bits per heavy atom. The Morgan fingerprint density at radius 3 is 2.48 bits per heavy atom. The van der Waals surface area contributed by atoms with Gasteiger partial charge >= 0.3 is 6.03 Å². The summed E-state index contributed by atoms with van der Waals surface area (Å²) >= 11 is 1.13. The Kier molecular flexibility index (Phi) is 4.05. The van der Waals surface area contributed by atoms with Crippen LogP contribution in [0.25, 0.3) is 0 Å². The van der Waals surface area contributed by atoms with Crippen LogP contribution in [0.15, 0.2) is 46.0 Å². The highest BCUT2D eigenvalue weighted by Gasteiger charge is 2.28. The SMILES string of the molecule is O=C1CNC(=O)N1Cc1ccc(NS(=O)(=O)c2cccs2)cc1. The first-order chi connectivity index (χ1) is 11.0. The summed E-state index contributed by atoms with van der Waals surface area (Å²) in [5, 5.41) is 4.13. The Bertz CT molecular complexity index is 813. The van der Waals surface area contributed by atoms with Gasteiger partial charge in [-0.15, -0.1) is 11.3 Å². The van der Waals surface area contributed by atoms with E-state index in [1.807, 2.05) is 0 Å². The Hall–Kier alpha value is -2.39. The van der Waals surface area contributed by atoms with Gasteiger partial charge in [-0.05, 0) is 29.1 Å². The van der Waals surface area contributed by atoms with Crippen molar-refractivity contribution in [1.82, 2.24) is 10.2 Å². The van der Waals surface area contributed by atoms with Gasteiger partial charge < -0.3 is 5.32 Å². The molecule has 0 atom stereocenters. The van der Waals surface area contributed by atoms with Gasteiger partial charge in [-0.25, -0.2) is 13.2 Å². The quantitative estimate of drug-likeness (QED) is 0.800. The molecule has 2 N–H and O–H groups in total. The second-order valence-corrected chi connectivity index (χ2v) is 7.73. The van der Waals surface area contributed by atoms with Crippen molar-refractivity contribution in [3.8, 4) is 0 Å². The molecule has 1 aromatic heterocycles. The smallest absolute Gasteiger partial charge is 0.324 e. The minimum Gasteiger partial charge on any atom is -0.329 e. The molecular formula is C14H13N3O4S2. The number of rotatable bonds is 5. The average molecular weight is 351 g/mol. The third-order valence-corrected chi connectivity index (χ3v) is 6.02. The van der Waals surface area contributed by atoms with Crippen LogP contribution in [0.5, 0.6) is 0 Å². The van der Waals surface area contributed by atoms with Crippen molar-refractivity contribution in [3.63, 3.8) is 0 Å². The lowest BCUT2D eigenvalue weighted by Gasteiger charge is -2.13. The van der Waals surface area contributed by atoms with E-state index in [9.17, 15) is 18.0 Å². The maximum absolute atomic E-state index is 12.1. The van der Waals surface area contributed by atoms with Crippen molar-refractivity contribution in [1.29, 1.82) is 0 Å². The van der Waals surface area contributed by atoms with Crippen LogP contribution < -0.4 is 10.0 Å². The molecule has 7 nitrogen and oxygen atoms in total. The standard InChI is InChI=1S/C14H13N3O4S2/c18-12-8-15-14(19)17(12)9-10-3-5-11(6-4-10)16-23(20,21)13-2-1-7-22-13/h1-7,16H,8-9H2,(H,15,19). The summed E-state index contributed by atoms with van der Waals surface area (Å²) in [6.45, 7) is 0.167. The van der Waals surface area contributed by atoms with Crippen molar-refractivity contribution >= 4 is 39.0 Å². The van der Waals surface area contributed by atoms with Gasteiger partial charge in [-0.2, -0.15) is 0 Å². The second kappa shape index (κ2) is 6.01. The zero-order valence-corrected chi connectivity index (χ0v) is 13.5. The van der Waals surface area contributed by atoms with E-state index in [2.05, 4.69) is 10.0 Å². The molecule has 0 unspecified atom stereocenters. The maximum Gasteiger partial charge on any atom is 0.324 e. The minimum absolute atomic E-state index is 0.0114. The van der Waals surface area contributed by atoms with Crippen molar-refractivity contribution in [2.75, 3.05) is 11.3 Å². The topological polar surface area (TPSA) is 95.6 Å². The lowest BCUT2D eigenvalue weighted by Crippen LogP contribution is -2.30. The zero-order chi connectivity index (χ0) is 16.4. The number of imide groups is 1.